The molecule has 0 aliphatic carbocycles. The topological polar surface area (TPSA) is 84.5 Å². The summed E-state index contributed by atoms with van der Waals surface area (Å²) >= 11 is 6.06. The Hall–Kier alpha value is -2.09. The molecule has 27 heavy (non-hydrogen) atoms. The molecule has 0 aromatic heterocycles. The third kappa shape index (κ3) is 5.45. The second-order valence-corrected chi connectivity index (χ2v) is 7.99. The molecule has 0 fully saturated rings. The lowest BCUT2D eigenvalue weighted by molar-refractivity contribution is -0.117. The van der Waals surface area contributed by atoms with E-state index >= 15 is 0 Å². The molecule has 1 amide bonds. The van der Waals surface area contributed by atoms with Gasteiger partial charge in [-0.05, 0) is 50.1 Å². The van der Waals surface area contributed by atoms with Crippen LogP contribution in [0.25, 0.3) is 0 Å². The Labute approximate surface area is 164 Å². The van der Waals surface area contributed by atoms with Crippen molar-refractivity contribution < 1.29 is 17.9 Å². The third-order valence-corrected chi connectivity index (χ3v) is 5.73. The van der Waals surface area contributed by atoms with E-state index < -0.39 is 22.0 Å². The van der Waals surface area contributed by atoms with Gasteiger partial charge in [0.1, 0.15) is 5.75 Å². The first kappa shape index (κ1) is 21.2. The number of hydrogen-bond acceptors (Lipinski definition) is 4. The second-order valence-electron chi connectivity index (χ2n) is 5.87. The fraction of sp³-hybridized carbons (Fsp3) is 0.316. The molecule has 0 aliphatic rings. The Morgan fingerprint density at radius 2 is 1.89 bits per heavy atom. The quantitative estimate of drug-likeness (QED) is 0.696. The van der Waals surface area contributed by atoms with Crippen molar-refractivity contribution in [2.24, 2.45) is 0 Å². The normalized spacial score (nSPS) is 12.4. The maximum absolute atomic E-state index is 12.6. The predicted molar refractivity (Wildman–Crippen MR) is 107 cm³/mol. The number of carbonyl (C=O) groups excluding carboxylic acids is 1. The zero-order valence-electron chi connectivity index (χ0n) is 15.5. The summed E-state index contributed by atoms with van der Waals surface area (Å²) in [5, 5.41) is 2.95. The minimum absolute atomic E-state index is 0.0374. The van der Waals surface area contributed by atoms with E-state index in [1.165, 1.54) is 25.1 Å². The van der Waals surface area contributed by atoms with E-state index in [0.717, 1.165) is 12.0 Å². The number of carbonyl (C=O) groups is 1. The summed E-state index contributed by atoms with van der Waals surface area (Å²) < 4.78 is 32.8. The minimum atomic E-state index is -3.92. The Bertz CT molecular complexity index is 916. The van der Waals surface area contributed by atoms with Crippen molar-refractivity contribution in [1.82, 2.24) is 4.72 Å². The van der Waals surface area contributed by atoms with E-state index in [1.54, 1.807) is 13.0 Å². The summed E-state index contributed by atoms with van der Waals surface area (Å²) in [6.45, 7) is 5.68. The van der Waals surface area contributed by atoms with Gasteiger partial charge in [0.2, 0.25) is 15.9 Å². The summed E-state index contributed by atoms with van der Waals surface area (Å²) in [5.41, 5.74) is 1.64. The fourth-order valence-corrected chi connectivity index (χ4v) is 4.00. The molecule has 2 N–H and O–H groups in total. The number of ether oxygens (including phenoxy) is 1. The van der Waals surface area contributed by atoms with Gasteiger partial charge in [-0.25, -0.2) is 8.42 Å². The van der Waals surface area contributed by atoms with E-state index in [9.17, 15) is 13.2 Å². The van der Waals surface area contributed by atoms with Gasteiger partial charge in [0.05, 0.1) is 22.6 Å². The SMILES string of the molecule is CCOc1ccc(S(=O)(=O)N[C@@H](C)C(=O)Nc2ccccc2CC)cc1Cl. The minimum Gasteiger partial charge on any atom is -0.492 e. The highest BCUT2D eigenvalue weighted by Crippen LogP contribution is 2.27. The van der Waals surface area contributed by atoms with Crippen molar-refractivity contribution in [3.05, 3.63) is 53.1 Å². The van der Waals surface area contributed by atoms with Crippen LogP contribution in [0.15, 0.2) is 47.4 Å². The predicted octanol–water partition coefficient (Wildman–Crippen LogP) is 3.61. The number of para-hydroxylation sites is 1. The number of halogens is 1. The zero-order chi connectivity index (χ0) is 20.0. The molecule has 1 atom stereocenters. The molecule has 146 valence electrons. The van der Waals surface area contributed by atoms with Crippen molar-refractivity contribution in [1.29, 1.82) is 0 Å². The Morgan fingerprint density at radius 3 is 2.52 bits per heavy atom. The van der Waals surface area contributed by atoms with E-state index in [2.05, 4.69) is 10.0 Å². The summed E-state index contributed by atoms with van der Waals surface area (Å²) in [7, 11) is -3.92. The van der Waals surface area contributed by atoms with Crippen molar-refractivity contribution in [2.45, 2.75) is 38.1 Å². The molecular formula is C19H23ClN2O4S. The van der Waals surface area contributed by atoms with Gasteiger partial charge < -0.3 is 10.1 Å². The van der Waals surface area contributed by atoms with Gasteiger partial charge in [0.25, 0.3) is 0 Å². The first-order chi connectivity index (χ1) is 12.8. The first-order valence-corrected chi connectivity index (χ1v) is 10.5. The Morgan fingerprint density at radius 1 is 1.19 bits per heavy atom. The molecule has 2 aromatic rings. The number of nitrogens with one attached hydrogen (secondary N) is 2. The van der Waals surface area contributed by atoms with Crippen LogP contribution in [-0.4, -0.2) is 27.0 Å². The van der Waals surface area contributed by atoms with Crippen LogP contribution in [0.1, 0.15) is 26.3 Å². The molecular weight excluding hydrogens is 388 g/mol. The average molecular weight is 411 g/mol. The highest BCUT2D eigenvalue weighted by molar-refractivity contribution is 7.89. The molecule has 6 nitrogen and oxygen atoms in total. The number of rotatable bonds is 8. The third-order valence-electron chi connectivity index (χ3n) is 3.89. The highest BCUT2D eigenvalue weighted by Gasteiger charge is 2.23. The maximum Gasteiger partial charge on any atom is 0.242 e. The molecule has 0 saturated carbocycles. The number of aryl methyl sites for hydroxylation is 1. The van der Waals surface area contributed by atoms with Crippen LogP contribution in [0.4, 0.5) is 5.69 Å². The van der Waals surface area contributed by atoms with Crippen LogP contribution in [0.3, 0.4) is 0 Å². The van der Waals surface area contributed by atoms with Gasteiger partial charge in [-0.1, -0.05) is 36.7 Å². The largest absolute Gasteiger partial charge is 0.492 e. The lowest BCUT2D eigenvalue weighted by Gasteiger charge is -2.16. The number of anilines is 1. The molecule has 0 bridgehead atoms. The lowest BCUT2D eigenvalue weighted by Crippen LogP contribution is -2.41. The molecule has 2 rings (SSSR count). The van der Waals surface area contributed by atoms with Crippen molar-refractivity contribution in [2.75, 3.05) is 11.9 Å². The number of hydrogen-bond donors (Lipinski definition) is 2. The van der Waals surface area contributed by atoms with E-state index in [1.807, 2.05) is 25.1 Å². The molecule has 0 aliphatic heterocycles. The van der Waals surface area contributed by atoms with Gasteiger partial charge in [-0.15, -0.1) is 0 Å². The maximum atomic E-state index is 12.6. The van der Waals surface area contributed by atoms with Crippen LogP contribution in [0, 0.1) is 0 Å². The van der Waals surface area contributed by atoms with Gasteiger partial charge in [0.15, 0.2) is 0 Å². The van der Waals surface area contributed by atoms with E-state index in [4.69, 9.17) is 16.3 Å². The van der Waals surface area contributed by atoms with Gasteiger partial charge in [-0.2, -0.15) is 4.72 Å². The van der Waals surface area contributed by atoms with Crippen LogP contribution in [0.5, 0.6) is 5.75 Å². The van der Waals surface area contributed by atoms with E-state index in [-0.39, 0.29) is 9.92 Å². The molecule has 0 spiro atoms. The monoisotopic (exact) mass is 410 g/mol. The van der Waals surface area contributed by atoms with Gasteiger partial charge >= 0.3 is 0 Å². The number of sulfonamides is 1. The standard InChI is InChI=1S/C19H23ClN2O4S/c1-4-14-8-6-7-9-17(14)21-19(23)13(3)22-27(24,25)15-10-11-18(26-5-2)16(20)12-15/h6-13,22H,4-5H2,1-3H3,(H,21,23)/t13-/m0/s1. The first-order valence-electron chi connectivity index (χ1n) is 8.62. The lowest BCUT2D eigenvalue weighted by atomic mass is 10.1. The molecule has 8 heteroatoms. The molecule has 0 radical (unpaired) electrons. The molecule has 0 heterocycles. The fourth-order valence-electron chi connectivity index (χ4n) is 2.47. The highest BCUT2D eigenvalue weighted by atomic mass is 35.5. The van der Waals surface area contributed by atoms with Gasteiger partial charge in [0, 0.05) is 5.69 Å². The van der Waals surface area contributed by atoms with Crippen LogP contribution < -0.4 is 14.8 Å². The average Bonchev–Trinajstić information content (AvgIpc) is 2.63. The summed E-state index contributed by atoms with van der Waals surface area (Å²) in [6.07, 6.45) is 0.751. The van der Waals surface area contributed by atoms with Crippen molar-refractivity contribution in [3.8, 4) is 5.75 Å². The van der Waals surface area contributed by atoms with Crippen molar-refractivity contribution in [3.63, 3.8) is 0 Å². The van der Waals surface area contributed by atoms with Crippen LogP contribution in [-0.2, 0) is 21.2 Å². The van der Waals surface area contributed by atoms with Crippen molar-refractivity contribution >= 4 is 33.2 Å². The van der Waals surface area contributed by atoms with Crippen LogP contribution >= 0.6 is 11.6 Å². The number of benzene rings is 2. The second kappa shape index (κ2) is 9.21. The van der Waals surface area contributed by atoms with Crippen LogP contribution in [0.2, 0.25) is 5.02 Å². The zero-order valence-corrected chi connectivity index (χ0v) is 17.0. The summed E-state index contributed by atoms with van der Waals surface area (Å²) in [6, 6.07) is 10.6. The number of amides is 1. The molecule has 0 unspecified atom stereocenters. The van der Waals surface area contributed by atoms with Gasteiger partial charge in [-0.3, -0.25) is 4.79 Å². The summed E-state index contributed by atoms with van der Waals surface area (Å²) in [5.74, 6) is -0.0448. The molecule has 0 saturated heterocycles. The molecule has 2 aromatic carbocycles. The smallest absolute Gasteiger partial charge is 0.242 e. The Kier molecular flexibility index (Phi) is 7.24. The Balaban J connectivity index is 2.12. The summed E-state index contributed by atoms with van der Waals surface area (Å²) in [4.78, 5) is 12.4. The van der Waals surface area contributed by atoms with E-state index in [0.29, 0.717) is 18.0 Å².